The van der Waals surface area contributed by atoms with E-state index in [1.165, 1.54) is 154 Å². The molecule has 0 saturated carbocycles. The highest BCUT2D eigenvalue weighted by atomic mass is 16.8. The standard InChI is InChI=1S/C61H113NO18/c1-3-5-7-9-11-13-15-17-18-19-20-21-22-23-24-25-26-27-28-30-32-34-36-38-45(66)44(62-49(67)39-37-35-33-31-29-16-14-12-10-8-6-4-2)43-75-59-55(73)52(70)57(47(41-64)77-59)80-61-56(74)53(71)58(48(42-65)78-61)79-60-54(72)51(69)50(68)46(40-63)76-60/h28,30,36,38,44-48,50-61,63-66,68-74H,3-27,29,31-35,37,39-43H2,1-2H3,(H,62,67)/b30-28+,38-36+. The maximum atomic E-state index is 13.3. The minimum Gasteiger partial charge on any atom is -0.394 e. The van der Waals surface area contributed by atoms with Gasteiger partial charge in [-0.05, 0) is 32.1 Å². The molecule has 3 heterocycles. The van der Waals surface area contributed by atoms with Crippen LogP contribution >= 0.6 is 0 Å². The van der Waals surface area contributed by atoms with Gasteiger partial charge in [-0.3, -0.25) is 4.79 Å². The highest BCUT2D eigenvalue weighted by Crippen LogP contribution is 2.33. The molecule has 19 nitrogen and oxygen atoms in total. The van der Waals surface area contributed by atoms with Gasteiger partial charge in [0.1, 0.15) is 73.2 Å². The van der Waals surface area contributed by atoms with E-state index in [1.54, 1.807) is 6.08 Å². The molecule has 1 amide bonds. The van der Waals surface area contributed by atoms with Gasteiger partial charge in [0.25, 0.3) is 0 Å². The molecule has 17 unspecified atom stereocenters. The molecular formula is C61H113NO18. The van der Waals surface area contributed by atoms with Crippen molar-refractivity contribution in [1.29, 1.82) is 0 Å². The van der Waals surface area contributed by atoms with Gasteiger partial charge in [0.15, 0.2) is 18.9 Å². The van der Waals surface area contributed by atoms with Crippen LogP contribution in [-0.4, -0.2) is 193 Å². The second kappa shape index (κ2) is 44.7. The second-order valence-corrected chi connectivity index (χ2v) is 22.9. The first-order valence-electron chi connectivity index (χ1n) is 31.6. The van der Waals surface area contributed by atoms with Crippen molar-refractivity contribution in [2.75, 3.05) is 26.4 Å². The van der Waals surface area contributed by atoms with Crippen molar-refractivity contribution < 1.29 is 89.4 Å². The van der Waals surface area contributed by atoms with Crippen molar-refractivity contribution >= 4 is 5.91 Å². The Bertz CT molecular complexity index is 1560. The predicted molar refractivity (Wildman–Crippen MR) is 305 cm³/mol. The van der Waals surface area contributed by atoms with Crippen LogP contribution in [0.4, 0.5) is 0 Å². The van der Waals surface area contributed by atoms with E-state index < -0.39 is 124 Å². The lowest BCUT2D eigenvalue weighted by Gasteiger charge is -2.48. The molecule has 3 saturated heterocycles. The first-order chi connectivity index (χ1) is 38.8. The van der Waals surface area contributed by atoms with Crippen molar-refractivity contribution in [3.63, 3.8) is 0 Å². The average Bonchev–Trinajstić information content (AvgIpc) is 3.56. The predicted octanol–water partition coefficient (Wildman–Crippen LogP) is 6.32. The molecule has 12 N–H and O–H groups in total. The summed E-state index contributed by atoms with van der Waals surface area (Å²) >= 11 is 0. The monoisotopic (exact) mass is 1150 g/mol. The molecule has 3 aliphatic heterocycles. The van der Waals surface area contributed by atoms with Crippen molar-refractivity contribution in [3.05, 3.63) is 24.3 Å². The number of allylic oxidation sites excluding steroid dienone is 3. The molecule has 0 aliphatic carbocycles. The molecule has 17 atom stereocenters. The fourth-order valence-corrected chi connectivity index (χ4v) is 10.8. The van der Waals surface area contributed by atoms with E-state index >= 15 is 0 Å². The first kappa shape index (κ1) is 72.5. The van der Waals surface area contributed by atoms with E-state index in [2.05, 4.69) is 31.3 Å². The van der Waals surface area contributed by atoms with Gasteiger partial charge in [-0.25, -0.2) is 0 Å². The number of carbonyl (C=O) groups excluding carboxylic acids is 1. The molecular weight excluding hydrogens is 1030 g/mol. The van der Waals surface area contributed by atoms with Crippen LogP contribution in [0, 0.1) is 0 Å². The van der Waals surface area contributed by atoms with Crippen molar-refractivity contribution in [2.24, 2.45) is 0 Å². The number of carbonyl (C=O) groups is 1. The van der Waals surface area contributed by atoms with Crippen molar-refractivity contribution in [1.82, 2.24) is 5.32 Å². The van der Waals surface area contributed by atoms with E-state index in [-0.39, 0.29) is 18.9 Å². The molecule has 0 aromatic heterocycles. The zero-order valence-corrected chi connectivity index (χ0v) is 49.1. The maximum absolute atomic E-state index is 13.3. The molecule has 470 valence electrons. The quantitative estimate of drug-likeness (QED) is 0.0234. The number of hydrogen-bond donors (Lipinski definition) is 12. The second-order valence-electron chi connectivity index (χ2n) is 22.9. The Hall–Kier alpha value is -1.73. The highest BCUT2D eigenvalue weighted by molar-refractivity contribution is 5.76. The SMILES string of the molecule is CCCCCCCCCCCCCCCCCCC/C=C/CC/C=C/C(O)C(COC1OC(CO)C(OC2OC(CO)C(OC3OC(CO)C(O)C(O)C3O)C(O)C2O)C(O)C1O)NC(=O)CCCCCCCCCCCCCC. The summed E-state index contributed by atoms with van der Waals surface area (Å²) in [5, 5.41) is 120. The van der Waals surface area contributed by atoms with Gasteiger partial charge in [-0.2, -0.15) is 0 Å². The first-order valence-corrected chi connectivity index (χ1v) is 31.6. The maximum Gasteiger partial charge on any atom is 0.220 e. The van der Waals surface area contributed by atoms with Gasteiger partial charge < -0.3 is 89.9 Å². The summed E-state index contributed by atoms with van der Waals surface area (Å²) in [5.41, 5.74) is 0. The van der Waals surface area contributed by atoms with Gasteiger partial charge in [-0.1, -0.05) is 212 Å². The Balaban J connectivity index is 1.48. The number of hydrogen-bond acceptors (Lipinski definition) is 18. The average molecular weight is 1150 g/mol. The number of aliphatic hydroxyl groups excluding tert-OH is 11. The summed E-state index contributed by atoms with van der Waals surface area (Å²) in [6.07, 6.45) is 20.3. The summed E-state index contributed by atoms with van der Waals surface area (Å²) in [4.78, 5) is 13.3. The molecule has 0 spiro atoms. The van der Waals surface area contributed by atoms with E-state index in [4.69, 9.17) is 28.4 Å². The van der Waals surface area contributed by atoms with Gasteiger partial charge >= 0.3 is 0 Å². The normalized spacial score (nSPS) is 30.1. The van der Waals surface area contributed by atoms with Crippen LogP contribution in [0.15, 0.2) is 24.3 Å². The van der Waals surface area contributed by atoms with E-state index in [9.17, 15) is 61.0 Å². The number of amides is 1. The molecule has 3 rings (SSSR count). The Morgan fingerprint density at radius 3 is 1.25 bits per heavy atom. The van der Waals surface area contributed by atoms with Crippen LogP contribution in [0.25, 0.3) is 0 Å². The van der Waals surface area contributed by atoms with E-state index in [1.807, 2.05) is 6.08 Å². The summed E-state index contributed by atoms with van der Waals surface area (Å²) in [6.45, 7) is 1.71. The van der Waals surface area contributed by atoms with Crippen LogP contribution in [0.5, 0.6) is 0 Å². The Morgan fingerprint density at radius 2 is 0.800 bits per heavy atom. The minimum absolute atomic E-state index is 0.239. The molecule has 0 radical (unpaired) electrons. The lowest BCUT2D eigenvalue weighted by atomic mass is 9.96. The molecule has 19 heteroatoms. The van der Waals surface area contributed by atoms with Crippen molar-refractivity contribution in [3.8, 4) is 0 Å². The number of nitrogens with one attached hydrogen (secondary N) is 1. The van der Waals surface area contributed by atoms with Crippen LogP contribution in [0.3, 0.4) is 0 Å². The molecule has 3 aliphatic rings. The van der Waals surface area contributed by atoms with E-state index in [0.717, 1.165) is 38.5 Å². The van der Waals surface area contributed by atoms with Crippen LogP contribution in [-0.2, 0) is 33.2 Å². The number of unbranched alkanes of at least 4 members (excludes halogenated alkanes) is 29. The van der Waals surface area contributed by atoms with Gasteiger partial charge in [0.2, 0.25) is 5.91 Å². The Labute approximate surface area is 479 Å². The molecule has 0 aromatic rings. The van der Waals surface area contributed by atoms with Gasteiger partial charge in [0.05, 0.1) is 38.6 Å². The number of rotatable bonds is 47. The molecule has 80 heavy (non-hydrogen) atoms. The van der Waals surface area contributed by atoms with Crippen LogP contribution in [0.2, 0.25) is 0 Å². The lowest BCUT2D eigenvalue weighted by molar-refractivity contribution is -0.379. The fourth-order valence-electron chi connectivity index (χ4n) is 10.8. The third-order valence-corrected chi connectivity index (χ3v) is 16.0. The largest absolute Gasteiger partial charge is 0.394 e. The zero-order valence-electron chi connectivity index (χ0n) is 49.1. The summed E-state index contributed by atoms with van der Waals surface area (Å²) in [7, 11) is 0. The Morgan fingerprint density at radius 1 is 0.438 bits per heavy atom. The molecule has 0 aromatic carbocycles. The smallest absolute Gasteiger partial charge is 0.220 e. The minimum atomic E-state index is -1.98. The van der Waals surface area contributed by atoms with Crippen LogP contribution in [0.1, 0.15) is 226 Å². The van der Waals surface area contributed by atoms with E-state index in [0.29, 0.717) is 12.8 Å². The highest BCUT2D eigenvalue weighted by Gasteiger charge is 2.53. The third-order valence-electron chi connectivity index (χ3n) is 16.0. The topological polar surface area (TPSA) is 307 Å². The third kappa shape index (κ3) is 28.0. The lowest BCUT2D eigenvalue weighted by Crippen LogP contribution is -2.66. The summed E-state index contributed by atoms with van der Waals surface area (Å²) in [6, 6.07) is -0.985. The summed E-state index contributed by atoms with van der Waals surface area (Å²) in [5.74, 6) is -0.285. The zero-order chi connectivity index (χ0) is 58.3. The molecule has 0 bridgehead atoms. The number of ether oxygens (including phenoxy) is 6. The molecule has 3 fully saturated rings. The van der Waals surface area contributed by atoms with Gasteiger partial charge in [0, 0.05) is 6.42 Å². The fraction of sp³-hybridized carbons (Fsp3) is 0.918. The number of aliphatic hydroxyl groups is 11. The van der Waals surface area contributed by atoms with Crippen LogP contribution < -0.4 is 5.32 Å². The summed E-state index contributed by atoms with van der Waals surface area (Å²) < 4.78 is 34.2. The van der Waals surface area contributed by atoms with Gasteiger partial charge in [-0.15, -0.1) is 0 Å². The van der Waals surface area contributed by atoms with Crippen molar-refractivity contribution in [2.45, 2.75) is 330 Å². The Kier molecular flexibility index (Phi) is 40.5.